The lowest BCUT2D eigenvalue weighted by atomic mass is 10.1. The molecule has 0 radical (unpaired) electrons. The zero-order valence-electron chi connectivity index (χ0n) is 17.6. The number of likely N-dealkylation sites (tertiary alicyclic amines) is 1. The van der Waals surface area contributed by atoms with Gasteiger partial charge in [-0.15, -0.1) is 24.0 Å². The summed E-state index contributed by atoms with van der Waals surface area (Å²) in [4.78, 5) is 11.5. The quantitative estimate of drug-likeness (QED) is 0.304. The van der Waals surface area contributed by atoms with Crippen LogP contribution in [0.15, 0.2) is 71.9 Å². The molecule has 1 aromatic heterocycles. The van der Waals surface area contributed by atoms with Gasteiger partial charge in [0.05, 0.1) is 5.52 Å². The fraction of sp³-hybridized carbons (Fsp3) is 0.333. The second-order valence-corrected chi connectivity index (χ2v) is 7.76. The normalized spacial score (nSPS) is 19.5. The summed E-state index contributed by atoms with van der Waals surface area (Å²) in [6, 6.07) is 22.0. The van der Waals surface area contributed by atoms with Crippen LogP contribution in [0.2, 0.25) is 0 Å². The largest absolute Gasteiger partial charge is 0.352 e. The number of nitrogens with one attached hydrogen (secondary N) is 2. The molecule has 5 nitrogen and oxygen atoms in total. The average Bonchev–Trinajstić information content (AvgIpc) is 3.10. The van der Waals surface area contributed by atoms with Gasteiger partial charge in [-0.3, -0.25) is 14.9 Å². The Morgan fingerprint density at radius 3 is 2.70 bits per heavy atom. The van der Waals surface area contributed by atoms with E-state index in [-0.39, 0.29) is 24.0 Å². The number of para-hydroxylation sites is 1. The maximum atomic E-state index is 4.54. The van der Waals surface area contributed by atoms with Crippen molar-refractivity contribution in [3.63, 3.8) is 0 Å². The van der Waals surface area contributed by atoms with E-state index in [0.717, 1.165) is 36.4 Å². The Hall–Kier alpha value is -2.19. The Labute approximate surface area is 196 Å². The predicted octanol–water partition coefficient (Wildman–Crippen LogP) is 4.18. The second-order valence-electron chi connectivity index (χ2n) is 7.76. The fourth-order valence-electron chi connectivity index (χ4n) is 4.12. The maximum Gasteiger partial charge on any atom is 0.191 e. The first-order chi connectivity index (χ1) is 14.2. The highest BCUT2D eigenvalue weighted by Gasteiger charge is 2.29. The van der Waals surface area contributed by atoms with Crippen LogP contribution in [-0.2, 0) is 13.1 Å². The SMILES string of the molecule is CN=C(NCc1cccc2cccnc12)NC1CC(C)N(Cc2ccccc2)C1.I. The number of rotatable bonds is 5. The summed E-state index contributed by atoms with van der Waals surface area (Å²) in [5.41, 5.74) is 3.59. The van der Waals surface area contributed by atoms with Crippen LogP contribution in [0.4, 0.5) is 0 Å². The number of guanidine groups is 1. The van der Waals surface area contributed by atoms with Crippen LogP contribution in [0, 0.1) is 0 Å². The molecular formula is C24H30IN5. The Kier molecular flexibility index (Phi) is 8.04. The van der Waals surface area contributed by atoms with Crippen molar-refractivity contribution in [1.29, 1.82) is 0 Å². The van der Waals surface area contributed by atoms with Crippen LogP contribution in [0.3, 0.4) is 0 Å². The van der Waals surface area contributed by atoms with E-state index in [2.05, 4.69) is 87.0 Å². The monoisotopic (exact) mass is 515 g/mol. The Balaban J connectivity index is 0.00000256. The third-order valence-electron chi connectivity index (χ3n) is 5.66. The van der Waals surface area contributed by atoms with Crippen molar-refractivity contribution in [2.45, 2.75) is 38.5 Å². The van der Waals surface area contributed by atoms with Gasteiger partial charge in [0.1, 0.15) is 0 Å². The van der Waals surface area contributed by atoms with Crippen LogP contribution >= 0.6 is 24.0 Å². The Morgan fingerprint density at radius 2 is 1.90 bits per heavy atom. The predicted molar refractivity (Wildman–Crippen MR) is 135 cm³/mol. The molecular weight excluding hydrogens is 485 g/mol. The van der Waals surface area contributed by atoms with Gasteiger partial charge in [-0.2, -0.15) is 0 Å². The van der Waals surface area contributed by atoms with Gasteiger partial charge in [0, 0.05) is 50.3 Å². The molecule has 0 bridgehead atoms. The van der Waals surface area contributed by atoms with Crippen LogP contribution in [0.1, 0.15) is 24.5 Å². The average molecular weight is 515 g/mol. The van der Waals surface area contributed by atoms with Crippen LogP contribution in [0.5, 0.6) is 0 Å². The van der Waals surface area contributed by atoms with E-state index < -0.39 is 0 Å². The molecule has 1 aliphatic rings. The second kappa shape index (κ2) is 10.7. The van der Waals surface area contributed by atoms with Gasteiger partial charge in [-0.1, -0.05) is 54.6 Å². The van der Waals surface area contributed by atoms with Crippen molar-refractivity contribution < 1.29 is 0 Å². The van der Waals surface area contributed by atoms with E-state index in [1.165, 1.54) is 11.1 Å². The summed E-state index contributed by atoms with van der Waals surface area (Å²) in [6.45, 7) is 5.02. The third-order valence-corrected chi connectivity index (χ3v) is 5.66. The summed E-state index contributed by atoms with van der Waals surface area (Å²) in [5, 5.41) is 8.23. The number of halogens is 1. The number of pyridine rings is 1. The minimum absolute atomic E-state index is 0. The molecule has 2 atom stereocenters. The smallest absolute Gasteiger partial charge is 0.191 e. The lowest BCUT2D eigenvalue weighted by molar-refractivity contribution is 0.258. The van der Waals surface area contributed by atoms with E-state index in [0.29, 0.717) is 18.6 Å². The maximum absolute atomic E-state index is 4.54. The molecule has 0 aliphatic carbocycles. The van der Waals surface area contributed by atoms with Crippen molar-refractivity contribution in [3.8, 4) is 0 Å². The van der Waals surface area contributed by atoms with Crippen LogP contribution in [-0.4, -0.2) is 41.5 Å². The van der Waals surface area contributed by atoms with E-state index in [4.69, 9.17) is 0 Å². The summed E-state index contributed by atoms with van der Waals surface area (Å²) in [7, 11) is 1.83. The molecule has 3 aromatic rings. The summed E-state index contributed by atoms with van der Waals surface area (Å²) in [5.74, 6) is 0.844. The van der Waals surface area contributed by atoms with Crippen molar-refractivity contribution in [3.05, 3.63) is 78.0 Å². The fourth-order valence-corrected chi connectivity index (χ4v) is 4.12. The molecule has 158 valence electrons. The van der Waals surface area contributed by atoms with Crippen molar-refractivity contribution in [1.82, 2.24) is 20.5 Å². The minimum atomic E-state index is 0. The first-order valence-electron chi connectivity index (χ1n) is 10.3. The van der Waals surface area contributed by atoms with Crippen molar-refractivity contribution >= 4 is 40.8 Å². The molecule has 2 N–H and O–H groups in total. The topological polar surface area (TPSA) is 52.6 Å². The van der Waals surface area contributed by atoms with Crippen molar-refractivity contribution in [2.75, 3.05) is 13.6 Å². The molecule has 0 amide bonds. The lowest BCUT2D eigenvalue weighted by Crippen LogP contribution is -2.44. The third kappa shape index (κ3) is 5.49. The van der Waals surface area contributed by atoms with E-state index in [1.807, 2.05) is 19.3 Å². The van der Waals surface area contributed by atoms with Crippen LogP contribution in [0.25, 0.3) is 10.9 Å². The zero-order chi connectivity index (χ0) is 20.1. The minimum Gasteiger partial charge on any atom is -0.352 e. The molecule has 30 heavy (non-hydrogen) atoms. The van der Waals surface area contributed by atoms with E-state index >= 15 is 0 Å². The number of fused-ring (bicyclic) bond motifs is 1. The molecule has 1 aliphatic heterocycles. The summed E-state index contributed by atoms with van der Waals surface area (Å²) >= 11 is 0. The molecule has 0 spiro atoms. The van der Waals surface area contributed by atoms with Gasteiger partial charge in [0.2, 0.25) is 0 Å². The van der Waals surface area contributed by atoms with Gasteiger partial charge in [-0.25, -0.2) is 0 Å². The highest BCUT2D eigenvalue weighted by Crippen LogP contribution is 2.20. The van der Waals surface area contributed by atoms with Gasteiger partial charge in [0.15, 0.2) is 5.96 Å². The molecule has 1 saturated heterocycles. The number of benzene rings is 2. The standard InChI is InChI=1S/C24H29N5.HI/c1-18-14-22(17-29(18)16-19-8-4-3-5-9-19)28-24(25-2)27-15-21-11-6-10-20-12-7-13-26-23(20)21;/h3-13,18,22H,14-17H2,1-2H3,(H2,25,27,28);1H. The molecule has 2 aromatic carbocycles. The number of nitrogens with zero attached hydrogens (tertiary/aromatic N) is 3. The Morgan fingerprint density at radius 1 is 1.10 bits per heavy atom. The molecule has 2 unspecified atom stereocenters. The first-order valence-corrected chi connectivity index (χ1v) is 10.3. The van der Waals surface area contributed by atoms with Gasteiger partial charge in [0.25, 0.3) is 0 Å². The number of aromatic nitrogens is 1. The van der Waals surface area contributed by atoms with Gasteiger partial charge < -0.3 is 10.6 Å². The molecule has 0 saturated carbocycles. The van der Waals surface area contributed by atoms with Crippen LogP contribution < -0.4 is 10.6 Å². The molecule has 1 fully saturated rings. The highest BCUT2D eigenvalue weighted by atomic mass is 127. The number of aliphatic imine (C=N–C) groups is 1. The number of hydrogen-bond donors (Lipinski definition) is 2. The number of hydrogen-bond acceptors (Lipinski definition) is 3. The van der Waals surface area contributed by atoms with E-state index in [9.17, 15) is 0 Å². The van der Waals surface area contributed by atoms with Gasteiger partial charge >= 0.3 is 0 Å². The molecule has 4 rings (SSSR count). The van der Waals surface area contributed by atoms with Crippen molar-refractivity contribution in [2.24, 2.45) is 4.99 Å². The van der Waals surface area contributed by atoms with E-state index in [1.54, 1.807) is 0 Å². The first kappa shape index (κ1) is 22.5. The lowest BCUT2D eigenvalue weighted by Gasteiger charge is -2.21. The highest BCUT2D eigenvalue weighted by molar-refractivity contribution is 14.0. The molecule has 6 heteroatoms. The molecule has 2 heterocycles. The van der Waals surface area contributed by atoms with Gasteiger partial charge in [-0.05, 0) is 30.5 Å². The summed E-state index contributed by atoms with van der Waals surface area (Å²) in [6.07, 6.45) is 2.96. The Bertz CT molecular complexity index is 970. The zero-order valence-corrected chi connectivity index (χ0v) is 19.9. The summed E-state index contributed by atoms with van der Waals surface area (Å²) < 4.78 is 0.